The van der Waals surface area contributed by atoms with E-state index in [4.69, 9.17) is 10.5 Å². The lowest BCUT2D eigenvalue weighted by Gasteiger charge is -2.11. The molecule has 2 aromatic heterocycles. The van der Waals surface area contributed by atoms with Crippen LogP contribution in [-0.4, -0.2) is 30.7 Å². The molecule has 8 heteroatoms. The third kappa shape index (κ3) is 1.65. The van der Waals surface area contributed by atoms with Crippen LogP contribution in [0.15, 0.2) is 23.4 Å². The molecule has 0 amide bonds. The molecule has 2 atom stereocenters. The van der Waals surface area contributed by atoms with Crippen molar-refractivity contribution in [2.45, 2.75) is 18.8 Å². The molecule has 7 nitrogen and oxygen atoms in total. The van der Waals surface area contributed by atoms with Gasteiger partial charge in [-0.15, -0.1) is 0 Å². The molecule has 3 heterocycles. The zero-order valence-electron chi connectivity index (χ0n) is 9.19. The molecule has 0 aromatic carbocycles. The van der Waals surface area contributed by atoms with Crippen molar-refractivity contribution < 1.29 is 9.84 Å². The Morgan fingerprint density at radius 3 is 3.06 bits per heavy atom. The first-order valence-corrected chi connectivity index (χ1v) is 6.20. The predicted octanol–water partition coefficient (Wildman–Crippen LogP) is 0.925. The molecule has 0 radical (unpaired) electrons. The Hall–Kier alpha value is -1.67. The van der Waals surface area contributed by atoms with E-state index < -0.39 is 6.10 Å². The van der Waals surface area contributed by atoms with Crippen molar-refractivity contribution in [1.82, 2.24) is 19.5 Å². The molecule has 0 aliphatic carbocycles. The molecule has 0 spiro atoms. The van der Waals surface area contributed by atoms with Crippen LogP contribution in [0.25, 0.3) is 11.2 Å². The van der Waals surface area contributed by atoms with Gasteiger partial charge in [-0.1, -0.05) is 15.9 Å². The summed E-state index contributed by atoms with van der Waals surface area (Å²) < 4.78 is 7.34. The Morgan fingerprint density at radius 1 is 1.50 bits per heavy atom. The van der Waals surface area contributed by atoms with Crippen LogP contribution in [0.1, 0.15) is 12.6 Å². The van der Waals surface area contributed by atoms with Crippen LogP contribution >= 0.6 is 15.9 Å². The van der Waals surface area contributed by atoms with Gasteiger partial charge in [0.25, 0.3) is 0 Å². The van der Waals surface area contributed by atoms with Crippen LogP contribution < -0.4 is 5.73 Å². The first-order chi connectivity index (χ1) is 8.70. The number of imidazole rings is 1. The summed E-state index contributed by atoms with van der Waals surface area (Å²) >= 11 is 3.15. The van der Waals surface area contributed by atoms with Gasteiger partial charge in [-0.05, 0) is 0 Å². The number of hydrogen-bond acceptors (Lipinski definition) is 6. The van der Waals surface area contributed by atoms with Crippen LogP contribution in [0.2, 0.25) is 0 Å². The monoisotopic (exact) mass is 311 g/mol. The third-order valence-electron chi connectivity index (χ3n) is 2.83. The second kappa shape index (κ2) is 4.21. The van der Waals surface area contributed by atoms with Gasteiger partial charge in [0.05, 0.1) is 0 Å². The van der Waals surface area contributed by atoms with Crippen LogP contribution in [-0.2, 0) is 4.74 Å². The van der Waals surface area contributed by atoms with Crippen molar-refractivity contribution in [2.24, 2.45) is 0 Å². The summed E-state index contributed by atoms with van der Waals surface area (Å²) in [4.78, 5) is 13.7. The lowest BCUT2D eigenvalue weighted by molar-refractivity contribution is 0.101. The van der Waals surface area contributed by atoms with Gasteiger partial charge in [-0.3, -0.25) is 4.57 Å². The van der Waals surface area contributed by atoms with Gasteiger partial charge in [-0.25, -0.2) is 15.0 Å². The maximum absolute atomic E-state index is 9.77. The van der Waals surface area contributed by atoms with Crippen LogP contribution in [0, 0.1) is 0 Å². The summed E-state index contributed by atoms with van der Waals surface area (Å²) in [6.45, 7) is 0. The van der Waals surface area contributed by atoms with E-state index in [2.05, 4.69) is 30.9 Å². The smallest absolute Gasteiger partial charge is 0.181 e. The van der Waals surface area contributed by atoms with E-state index in [1.165, 1.54) is 6.33 Å². The zero-order chi connectivity index (χ0) is 12.7. The summed E-state index contributed by atoms with van der Waals surface area (Å²) in [5, 5.41) is 9.77. The number of aromatic nitrogens is 4. The number of nitrogen functional groups attached to an aromatic ring is 1. The number of nitrogens with zero attached hydrogens (tertiary/aromatic N) is 4. The first-order valence-electron chi connectivity index (χ1n) is 5.28. The van der Waals surface area contributed by atoms with Gasteiger partial charge in [0.15, 0.2) is 17.7 Å². The Labute approximate surface area is 110 Å². The topological polar surface area (TPSA) is 99.1 Å². The largest absolute Gasteiger partial charge is 0.471 e. The van der Waals surface area contributed by atoms with E-state index in [9.17, 15) is 5.11 Å². The zero-order valence-corrected chi connectivity index (χ0v) is 10.8. The number of rotatable bonds is 1. The van der Waals surface area contributed by atoms with Crippen LogP contribution in [0.3, 0.4) is 0 Å². The minimum absolute atomic E-state index is 0.327. The van der Waals surface area contributed by atoms with E-state index in [1.807, 2.05) is 0 Å². The third-order valence-corrected chi connectivity index (χ3v) is 3.28. The molecule has 3 N–H and O–H groups in total. The summed E-state index contributed by atoms with van der Waals surface area (Å²) in [5.74, 6) is 0.817. The summed E-state index contributed by atoms with van der Waals surface area (Å²) in [5.41, 5.74) is 6.84. The van der Waals surface area contributed by atoms with Gasteiger partial charge in [0.2, 0.25) is 0 Å². The van der Waals surface area contributed by atoms with Gasteiger partial charge >= 0.3 is 0 Å². The SMILES string of the molecule is Nc1ncnc2c1ncn2[C@H]1CC(O)/C(=C/Br)O1. The quantitative estimate of drug-likeness (QED) is 0.812. The van der Waals surface area contributed by atoms with Crippen LogP contribution in [0.4, 0.5) is 5.82 Å². The van der Waals surface area contributed by atoms with Gasteiger partial charge < -0.3 is 15.6 Å². The standard InChI is InChI=1S/C10H10BrN5O2/c11-2-6-5(17)1-7(18-6)16-4-15-8-9(12)13-3-14-10(8)16/h2-5,7,17H,1H2,(H2,12,13,14)/b6-2-/t5?,7-/m1/s1. The summed E-state index contributed by atoms with van der Waals surface area (Å²) in [6, 6.07) is 0. The van der Waals surface area contributed by atoms with E-state index in [1.54, 1.807) is 15.9 Å². The lowest BCUT2D eigenvalue weighted by Crippen LogP contribution is -2.08. The molecule has 3 rings (SSSR count). The molecule has 1 aliphatic rings. The van der Waals surface area contributed by atoms with Gasteiger partial charge in [0, 0.05) is 11.4 Å². The maximum Gasteiger partial charge on any atom is 0.181 e. The molecule has 1 unspecified atom stereocenters. The number of nitrogens with two attached hydrogens (primary N) is 1. The molecule has 0 saturated carbocycles. The number of aliphatic hydroxyl groups is 1. The van der Waals surface area contributed by atoms with Crippen LogP contribution in [0.5, 0.6) is 0 Å². The second-order valence-corrected chi connectivity index (χ2v) is 4.38. The van der Waals surface area contributed by atoms with E-state index in [0.717, 1.165) is 0 Å². The molecule has 1 fully saturated rings. The Morgan fingerprint density at radius 2 is 2.33 bits per heavy atom. The Balaban J connectivity index is 2.04. The number of hydrogen-bond donors (Lipinski definition) is 2. The van der Waals surface area contributed by atoms with Crippen molar-refractivity contribution in [3.05, 3.63) is 23.4 Å². The molecular formula is C10H10BrN5O2. The van der Waals surface area contributed by atoms with Crippen molar-refractivity contribution in [3.8, 4) is 0 Å². The highest BCUT2D eigenvalue weighted by molar-refractivity contribution is 9.11. The molecule has 2 aromatic rings. The van der Waals surface area contributed by atoms with E-state index >= 15 is 0 Å². The fourth-order valence-electron chi connectivity index (χ4n) is 1.94. The fraction of sp³-hybridized carbons (Fsp3) is 0.300. The van der Waals surface area contributed by atoms with E-state index in [-0.39, 0.29) is 6.23 Å². The highest BCUT2D eigenvalue weighted by Gasteiger charge is 2.31. The number of anilines is 1. The van der Waals surface area contributed by atoms with Crippen molar-refractivity contribution in [3.63, 3.8) is 0 Å². The Bertz CT molecular complexity index is 626. The highest BCUT2D eigenvalue weighted by Crippen LogP contribution is 2.33. The van der Waals surface area contributed by atoms with Crippen molar-refractivity contribution in [2.75, 3.05) is 5.73 Å². The Kier molecular flexibility index (Phi) is 2.67. The molecule has 18 heavy (non-hydrogen) atoms. The summed E-state index contributed by atoms with van der Waals surface area (Å²) in [7, 11) is 0. The molecular weight excluding hydrogens is 302 g/mol. The maximum atomic E-state index is 9.77. The molecule has 1 aliphatic heterocycles. The lowest BCUT2D eigenvalue weighted by atomic mass is 10.2. The highest BCUT2D eigenvalue weighted by atomic mass is 79.9. The predicted molar refractivity (Wildman–Crippen MR) is 67.5 cm³/mol. The van der Waals surface area contributed by atoms with E-state index in [0.29, 0.717) is 29.2 Å². The fourth-order valence-corrected chi connectivity index (χ4v) is 2.35. The second-order valence-electron chi connectivity index (χ2n) is 3.92. The summed E-state index contributed by atoms with van der Waals surface area (Å²) in [6.07, 6.45) is 2.42. The van der Waals surface area contributed by atoms with Gasteiger partial charge in [-0.2, -0.15) is 0 Å². The number of ether oxygens (including phenoxy) is 1. The van der Waals surface area contributed by atoms with Gasteiger partial charge in [0.1, 0.15) is 30.0 Å². The first kappa shape index (κ1) is 11.4. The van der Waals surface area contributed by atoms with Crippen molar-refractivity contribution in [1.29, 1.82) is 0 Å². The molecule has 1 saturated heterocycles. The molecule has 0 bridgehead atoms. The number of aliphatic hydroxyl groups excluding tert-OH is 1. The minimum Gasteiger partial charge on any atom is -0.471 e. The number of fused-ring (bicyclic) bond motifs is 1. The molecule has 94 valence electrons. The average Bonchev–Trinajstić information content (AvgIpc) is 2.93. The van der Waals surface area contributed by atoms with Crippen molar-refractivity contribution >= 4 is 32.9 Å². The normalized spacial score (nSPS) is 25.8. The average molecular weight is 312 g/mol. The minimum atomic E-state index is -0.633. The number of halogens is 1.